The van der Waals surface area contributed by atoms with E-state index in [0.29, 0.717) is 5.92 Å². The first-order valence-corrected chi connectivity index (χ1v) is 8.49. The third-order valence-electron chi connectivity index (χ3n) is 5.54. The Morgan fingerprint density at radius 3 is 2.75 bits per heavy atom. The summed E-state index contributed by atoms with van der Waals surface area (Å²) in [5, 5.41) is 13.2. The fraction of sp³-hybridized carbons (Fsp3) is 0.941. The first-order chi connectivity index (χ1) is 9.63. The van der Waals surface area contributed by atoms with Crippen LogP contribution in [-0.4, -0.2) is 36.6 Å². The molecule has 0 aliphatic heterocycles. The summed E-state index contributed by atoms with van der Waals surface area (Å²) in [6.07, 6.45) is 8.56. The molecule has 0 aromatic carbocycles. The van der Waals surface area contributed by atoms with Gasteiger partial charge in [0.05, 0.1) is 6.07 Å². The molecule has 2 aliphatic rings. The number of hydrogen-bond donors (Lipinski definition) is 1. The van der Waals surface area contributed by atoms with Crippen LogP contribution in [0.5, 0.6) is 0 Å². The molecule has 0 radical (unpaired) electrons. The zero-order valence-corrected chi connectivity index (χ0v) is 13.5. The highest BCUT2D eigenvalue weighted by Crippen LogP contribution is 2.39. The molecule has 2 saturated carbocycles. The molecule has 3 atom stereocenters. The second-order valence-corrected chi connectivity index (χ2v) is 6.95. The minimum Gasteiger partial charge on any atom is -0.303 e. The minimum absolute atomic E-state index is 0.236. The Labute approximate surface area is 124 Å². The predicted octanol–water partition coefficient (Wildman–Crippen LogP) is 3.17. The molecule has 0 saturated heterocycles. The molecule has 2 fully saturated rings. The van der Waals surface area contributed by atoms with Crippen molar-refractivity contribution in [2.45, 2.75) is 70.4 Å². The highest BCUT2D eigenvalue weighted by atomic mass is 15.1. The SMILES string of the molecule is CCCNC1(C#N)CCCC1CCN(C)C(C)C1CC1. The largest absolute Gasteiger partial charge is 0.303 e. The van der Waals surface area contributed by atoms with Crippen molar-refractivity contribution in [3.05, 3.63) is 0 Å². The van der Waals surface area contributed by atoms with Gasteiger partial charge >= 0.3 is 0 Å². The molecule has 0 heterocycles. The molecular formula is C17H31N3. The molecule has 114 valence electrons. The Hall–Kier alpha value is -0.590. The first kappa shape index (κ1) is 15.8. The maximum absolute atomic E-state index is 9.66. The summed E-state index contributed by atoms with van der Waals surface area (Å²) >= 11 is 0. The van der Waals surface area contributed by atoms with Crippen LogP contribution < -0.4 is 5.32 Å². The molecule has 3 heteroatoms. The van der Waals surface area contributed by atoms with Gasteiger partial charge in [0, 0.05) is 6.04 Å². The van der Waals surface area contributed by atoms with Crippen molar-refractivity contribution < 1.29 is 0 Å². The van der Waals surface area contributed by atoms with Crippen LogP contribution in [0, 0.1) is 23.2 Å². The number of nitrogens with one attached hydrogen (secondary N) is 1. The number of nitrogens with zero attached hydrogens (tertiary/aromatic N) is 2. The number of hydrogen-bond acceptors (Lipinski definition) is 3. The lowest BCUT2D eigenvalue weighted by Gasteiger charge is -2.32. The van der Waals surface area contributed by atoms with E-state index >= 15 is 0 Å². The van der Waals surface area contributed by atoms with Crippen LogP contribution in [0.25, 0.3) is 0 Å². The second-order valence-electron chi connectivity index (χ2n) is 6.95. The van der Waals surface area contributed by atoms with Crippen LogP contribution in [0.3, 0.4) is 0 Å². The summed E-state index contributed by atoms with van der Waals surface area (Å²) in [5.41, 5.74) is -0.236. The minimum atomic E-state index is -0.236. The standard InChI is InChI=1S/C17H31N3/c1-4-11-19-17(13-18)10-5-6-16(17)9-12-20(3)14(2)15-7-8-15/h14-16,19H,4-12H2,1-3H3. The van der Waals surface area contributed by atoms with Crippen molar-refractivity contribution in [3.8, 4) is 6.07 Å². The van der Waals surface area contributed by atoms with Gasteiger partial charge in [-0.1, -0.05) is 13.3 Å². The molecule has 0 aromatic rings. The Morgan fingerprint density at radius 1 is 1.40 bits per heavy atom. The topological polar surface area (TPSA) is 39.1 Å². The zero-order chi connectivity index (χ0) is 14.6. The Morgan fingerprint density at radius 2 is 2.15 bits per heavy atom. The molecule has 0 bridgehead atoms. The van der Waals surface area contributed by atoms with E-state index in [2.05, 4.69) is 37.2 Å². The summed E-state index contributed by atoms with van der Waals surface area (Å²) in [4.78, 5) is 2.51. The predicted molar refractivity (Wildman–Crippen MR) is 83.4 cm³/mol. The van der Waals surface area contributed by atoms with Gasteiger partial charge in [0.25, 0.3) is 0 Å². The molecule has 3 nitrogen and oxygen atoms in total. The monoisotopic (exact) mass is 277 g/mol. The van der Waals surface area contributed by atoms with Crippen LogP contribution in [0.4, 0.5) is 0 Å². The van der Waals surface area contributed by atoms with Crippen LogP contribution >= 0.6 is 0 Å². The van der Waals surface area contributed by atoms with Gasteiger partial charge < -0.3 is 4.90 Å². The lowest BCUT2D eigenvalue weighted by Crippen LogP contribution is -2.48. The van der Waals surface area contributed by atoms with E-state index in [0.717, 1.165) is 44.3 Å². The van der Waals surface area contributed by atoms with Crippen LogP contribution in [0.1, 0.15) is 58.8 Å². The molecule has 20 heavy (non-hydrogen) atoms. The number of rotatable bonds is 8. The Kier molecular flexibility index (Phi) is 5.46. The van der Waals surface area contributed by atoms with E-state index in [1.54, 1.807) is 0 Å². The molecule has 0 aromatic heterocycles. The van der Waals surface area contributed by atoms with Crippen LogP contribution in [0.2, 0.25) is 0 Å². The van der Waals surface area contributed by atoms with Crippen molar-refractivity contribution in [3.63, 3.8) is 0 Å². The molecule has 0 amide bonds. The molecule has 1 N–H and O–H groups in total. The van der Waals surface area contributed by atoms with E-state index < -0.39 is 0 Å². The van der Waals surface area contributed by atoms with Gasteiger partial charge in [0.15, 0.2) is 0 Å². The van der Waals surface area contributed by atoms with Crippen LogP contribution in [-0.2, 0) is 0 Å². The first-order valence-electron chi connectivity index (χ1n) is 8.49. The van der Waals surface area contributed by atoms with Crippen molar-refractivity contribution in [2.75, 3.05) is 20.1 Å². The van der Waals surface area contributed by atoms with Crippen molar-refractivity contribution >= 4 is 0 Å². The fourth-order valence-corrected chi connectivity index (χ4v) is 3.74. The fourth-order valence-electron chi connectivity index (χ4n) is 3.74. The Bertz CT molecular complexity index is 345. The molecule has 0 spiro atoms. The van der Waals surface area contributed by atoms with Gasteiger partial charge in [0.2, 0.25) is 0 Å². The van der Waals surface area contributed by atoms with Gasteiger partial charge in [-0.15, -0.1) is 0 Å². The molecule has 3 unspecified atom stereocenters. The molecule has 2 rings (SSSR count). The highest BCUT2D eigenvalue weighted by molar-refractivity contribution is 5.14. The van der Waals surface area contributed by atoms with E-state index in [9.17, 15) is 5.26 Å². The normalized spacial score (nSPS) is 31.4. The quantitative estimate of drug-likeness (QED) is 0.740. The zero-order valence-electron chi connectivity index (χ0n) is 13.5. The Balaban J connectivity index is 1.85. The van der Waals surface area contributed by atoms with Crippen LogP contribution in [0.15, 0.2) is 0 Å². The van der Waals surface area contributed by atoms with Gasteiger partial charge in [-0.3, -0.25) is 5.32 Å². The van der Waals surface area contributed by atoms with Crippen molar-refractivity contribution in [1.29, 1.82) is 5.26 Å². The van der Waals surface area contributed by atoms with E-state index in [-0.39, 0.29) is 5.54 Å². The summed E-state index contributed by atoms with van der Waals surface area (Å²) < 4.78 is 0. The number of nitriles is 1. The van der Waals surface area contributed by atoms with Crippen molar-refractivity contribution in [1.82, 2.24) is 10.2 Å². The van der Waals surface area contributed by atoms with Gasteiger partial charge in [-0.2, -0.15) is 5.26 Å². The lowest BCUT2D eigenvalue weighted by molar-refractivity contribution is 0.199. The van der Waals surface area contributed by atoms with E-state index in [1.165, 1.54) is 25.7 Å². The summed E-state index contributed by atoms with van der Waals surface area (Å²) in [6.45, 7) is 6.64. The third kappa shape index (κ3) is 3.54. The van der Waals surface area contributed by atoms with Gasteiger partial charge in [-0.25, -0.2) is 0 Å². The molecule has 2 aliphatic carbocycles. The lowest BCUT2D eigenvalue weighted by atomic mass is 9.85. The van der Waals surface area contributed by atoms with Gasteiger partial charge in [-0.05, 0) is 77.4 Å². The molecular weight excluding hydrogens is 246 g/mol. The maximum atomic E-state index is 9.66. The average molecular weight is 277 g/mol. The smallest absolute Gasteiger partial charge is 0.109 e. The van der Waals surface area contributed by atoms with Crippen molar-refractivity contribution in [2.24, 2.45) is 11.8 Å². The maximum Gasteiger partial charge on any atom is 0.109 e. The average Bonchev–Trinajstić information content (AvgIpc) is 3.23. The van der Waals surface area contributed by atoms with Gasteiger partial charge in [0.1, 0.15) is 5.54 Å². The second kappa shape index (κ2) is 6.91. The van der Waals surface area contributed by atoms with E-state index in [4.69, 9.17) is 0 Å². The third-order valence-corrected chi connectivity index (χ3v) is 5.54. The summed E-state index contributed by atoms with van der Waals surface area (Å²) in [5.74, 6) is 1.47. The highest BCUT2D eigenvalue weighted by Gasteiger charge is 2.42. The van der Waals surface area contributed by atoms with E-state index in [1.807, 2.05) is 0 Å². The summed E-state index contributed by atoms with van der Waals surface area (Å²) in [7, 11) is 2.26. The summed E-state index contributed by atoms with van der Waals surface area (Å²) in [6, 6.07) is 3.34.